The summed E-state index contributed by atoms with van der Waals surface area (Å²) in [4.78, 5) is 40.0. The largest absolute Gasteiger partial charge is 0.467 e. The van der Waals surface area contributed by atoms with Gasteiger partial charge in [0.25, 0.3) is 0 Å². The lowest BCUT2D eigenvalue weighted by Crippen LogP contribution is -2.41. The van der Waals surface area contributed by atoms with Crippen LogP contribution in [-0.2, 0) is 20.9 Å². The summed E-state index contributed by atoms with van der Waals surface area (Å²) in [5.41, 5.74) is 0.753. The van der Waals surface area contributed by atoms with E-state index in [1.807, 2.05) is 24.3 Å². The van der Waals surface area contributed by atoms with Gasteiger partial charge in [-0.05, 0) is 30.3 Å². The topological polar surface area (TPSA) is 82.9 Å². The average Bonchev–Trinajstić information content (AvgIpc) is 3.28. The first-order valence-corrected chi connectivity index (χ1v) is 9.33. The van der Waals surface area contributed by atoms with Crippen LogP contribution in [0.3, 0.4) is 0 Å². The number of halogens is 1. The first-order chi connectivity index (χ1) is 12.9. The van der Waals surface area contributed by atoms with Gasteiger partial charge < -0.3 is 19.5 Å². The standard InChI is InChI=1S/C19H20BrN3O4/c1-22(12-17(24)21-10-16-6-3-7-27-16)19(26)13-8-18(25)23(11-13)15-5-2-4-14(20)9-15/h2-7,9,13H,8,10-12H2,1H3,(H,21,24)/t13-/m1/s1. The van der Waals surface area contributed by atoms with E-state index in [-0.39, 0.29) is 37.2 Å². The van der Waals surface area contributed by atoms with Crippen molar-refractivity contribution in [1.29, 1.82) is 0 Å². The Kier molecular flexibility index (Phi) is 5.95. The molecule has 3 amide bonds. The summed E-state index contributed by atoms with van der Waals surface area (Å²) in [7, 11) is 1.57. The summed E-state index contributed by atoms with van der Waals surface area (Å²) in [6.45, 7) is 0.514. The van der Waals surface area contributed by atoms with Crippen LogP contribution in [0.1, 0.15) is 12.2 Å². The molecule has 3 rings (SSSR count). The molecule has 7 nitrogen and oxygen atoms in total. The minimum Gasteiger partial charge on any atom is -0.467 e. The zero-order valence-electron chi connectivity index (χ0n) is 14.9. The minimum atomic E-state index is -0.459. The third-order valence-corrected chi connectivity index (χ3v) is 4.88. The highest BCUT2D eigenvalue weighted by Gasteiger charge is 2.36. The Bertz CT molecular complexity index is 837. The van der Waals surface area contributed by atoms with Crippen LogP contribution in [0.2, 0.25) is 0 Å². The Morgan fingerprint density at radius 1 is 1.33 bits per heavy atom. The Morgan fingerprint density at radius 2 is 2.15 bits per heavy atom. The fraction of sp³-hybridized carbons (Fsp3) is 0.316. The molecule has 1 aromatic carbocycles. The van der Waals surface area contributed by atoms with E-state index in [9.17, 15) is 14.4 Å². The number of carbonyl (C=O) groups is 3. The zero-order chi connectivity index (χ0) is 19.4. The van der Waals surface area contributed by atoms with Crippen LogP contribution in [0.5, 0.6) is 0 Å². The number of benzene rings is 1. The molecule has 1 aromatic heterocycles. The van der Waals surface area contributed by atoms with Gasteiger partial charge in [-0.1, -0.05) is 22.0 Å². The zero-order valence-corrected chi connectivity index (χ0v) is 16.4. The first-order valence-electron chi connectivity index (χ1n) is 8.54. The molecule has 1 atom stereocenters. The number of amides is 3. The lowest BCUT2D eigenvalue weighted by atomic mass is 10.1. The second-order valence-corrected chi connectivity index (χ2v) is 7.35. The van der Waals surface area contributed by atoms with Gasteiger partial charge in [0.15, 0.2) is 0 Å². The third kappa shape index (κ3) is 4.77. The number of hydrogen-bond donors (Lipinski definition) is 1. The second-order valence-electron chi connectivity index (χ2n) is 6.44. The summed E-state index contributed by atoms with van der Waals surface area (Å²) < 4.78 is 6.02. The third-order valence-electron chi connectivity index (χ3n) is 4.39. The Hall–Kier alpha value is -2.61. The molecule has 1 aliphatic heterocycles. The minimum absolute atomic E-state index is 0.0683. The van der Waals surface area contributed by atoms with E-state index in [0.29, 0.717) is 12.3 Å². The molecule has 0 bridgehead atoms. The Balaban J connectivity index is 1.54. The molecule has 0 saturated carbocycles. The predicted molar refractivity (Wildman–Crippen MR) is 103 cm³/mol. The smallest absolute Gasteiger partial charge is 0.239 e. The molecular formula is C19H20BrN3O4. The summed E-state index contributed by atoms with van der Waals surface area (Å²) in [6.07, 6.45) is 1.68. The molecule has 142 valence electrons. The fourth-order valence-corrected chi connectivity index (χ4v) is 3.41. The van der Waals surface area contributed by atoms with Gasteiger partial charge in [-0.3, -0.25) is 14.4 Å². The molecule has 1 saturated heterocycles. The summed E-state index contributed by atoms with van der Waals surface area (Å²) in [6, 6.07) is 10.9. The van der Waals surface area contributed by atoms with E-state index in [1.54, 1.807) is 24.1 Å². The number of nitrogens with zero attached hydrogens (tertiary/aromatic N) is 2. The molecule has 2 heterocycles. The number of carbonyl (C=O) groups excluding carboxylic acids is 3. The van der Waals surface area contributed by atoms with Gasteiger partial charge in [-0.15, -0.1) is 0 Å². The molecule has 1 fully saturated rings. The van der Waals surface area contributed by atoms with Crippen LogP contribution in [0.25, 0.3) is 0 Å². The van der Waals surface area contributed by atoms with Crippen molar-refractivity contribution in [3.05, 3.63) is 52.9 Å². The highest BCUT2D eigenvalue weighted by Crippen LogP contribution is 2.28. The summed E-state index contributed by atoms with van der Waals surface area (Å²) >= 11 is 3.39. The maximum absolute atomic E-state index is 12.6. The SMILES string of the molecule is CN(CC(=O)NCc1ccco1)C(=O)[C@@H]1CC(=O)N(c2cccc(Br)c2)C1. The van der Waals surface area contributed by atoms with Gasteiger partial charge in [0, 0.05) is 30.2 Å². The van der Waals surface area contributed by atoms with Crippen molar-refractivity contribution >= 4 is 39.3 Å². The predicted octanol–water partition coefficient (Wildman–Crippen LogP) is 2.17. The maximum Gasteiger partial charge on any atom is 0.239 e. The van der Waals surface area contributed by atoms with Gasteiger partial charge in [0.1, 0.15) is 5.76 Å². The molecular weight excluding hydrogens is 414 g/mol. The molecule has 1 N–H and O–H groups in total. The summed E-state index contributed by atoms with van der Waals surface area (Å²) in [5.74, 6) is -0.408. The molecule has 0 aliphatic carbocycles. The van der Waals surface area contributed by atoms with Crippen molar-refractivity contribution in [1.82, 2.24) is 10.2 Å². The monoisotopic (exact) mass is 433 g/mol. The fourth-order valence-electron chi connectivity index (χ4n) is 3.03. The molecule has 1 aliphatic rings. The van der Waals surface area contributed by atoms with E-state index in [4.69, 9.17) is 4.42 Å². The van der Waals surface area contributed by atoms with E-state index in [2.05, 4.69) is 21.2 Å². The Morgan fingerprint density at radius 3 is 2.85 bits per heavy atom. The van der Waals surface area contributed by atoms with E-state index < -0.39 is 5.92 Å². The molecule has 2 aromatic rings. The van der Waals surface area contributed by atoms with Crippen LogP contribution in [0.15, 0.2) is 51.6 Å². The molecule has 8 heteroatoms. The number of anilines is 1. The molecule has 0 unspecified atom stereocenters. The van der Waals surface area contributed by atoms with Crippen molar-refractivity contribution < 1.29 is 18.8 Å². The van der Waals surface area contributed by atoms with Crippen molar-refractivity contribution in [2.45, 2.75) is 13.0 Å². The van der Waals surface area contributed by atoms with Gasteiger partial charge in [0.2, 0.25) is 17.7 Å². The molecule has 0 radical (unpaired) electrons. The van der Waals surface area contributed by atoms with Crippen molar-refractivity contribution in [2.24, 2.45) is 5.92 Å². The lowest BCUT2D eigenvalue weighted by Gasteiger charge is -2.21. The van der Waals surface area contributed by atoms with Crippen LogP contribution < -0.4 is 10.2 Å². The first kappa shape index (κ1) is 19.2. The van der Waals surface area contributed by atoms with Crippen molar-refractivity contribution in [3.63, 3.8) is 0 Å². The lowest BCUT2D eigenvalue weighted by molar-refractivity contribution is -0.138. The normalized spacial score (nSPS) is 16.4. The van der Waals surface area contributed by atoms with Gasteiger partial charge in [-0.2, -0.15) is 0 Å². The van der Waals surface area contributed by atoms with E-state index >= 15 is 0 Å². The van der Waals surface area contributed by atoms with Gasteiger partial charge in [0.05, 0.1) is 25.3 Å². The highest BCUT2D eigenvalue weighted by molar-refractivity contribution is 9.10. The number of furan rings is 1. The van der Waals surface area contributed by atoms with Gasteiger partial charge in [-0.25, -0.2) is 0 Å². The van der Waals surface area contributed by atoms with Crippen molar-refractivity contribution in [3.8, 4) is 0 Å². The highest BCUT2D eigenvalue weighted by atomic mass is 79.9. The van der Waals surface area contributed by atoms with Crippen LogP contribution in [-0.4, -0.2) is 42.8 Å². The maximum atomic E-state index is 12.6. The van der Waals surface area contributed by atoms with Crippen LogP contribution in [0.4, 0.5) is 5.69 Å². The number of hydrogen-bond acceptors (Lipinski definition) is 4. The number of rotatable bonds is 6. The van der Waals surface area contributed by atoms with Crippen LogP contribution >= 0.6 is 15.9 Å². The number of likely N-dealkylation sites (N-methyl/N-ethyl adjacent to an activating group) is 1. The number of nitrogens with one attached hydrogen (secondary N) is 1. The summed E-state index contributed by atoms with van der Waals surface area (Å²) in [5, 5.41) is 2.70. The van der Waals surface area contributed by atoms with Crippen LogP contribution in [0, 0.1) is 5.92 Å². The second kappa shape index (κ2) is 8.39. The van der Waals surface area contributed by atoms with E-state index in [1.165, 1.54) is 11.2 Å². The van der Waals surface area contributed by atoms with Gasteiger partial charge >= 0.3 is 0 Å². The Labute approximate surface area is 165 Å². The van der Waals surface area contributed by atoms with E-state index in [0.717, 1.165) is 10.2 Å². The molecule has 0 spiro atoms. The quantitative estimate of drug-likeness (QED) is 0.756. The average molecular weight is 434 g/mol. The molecule has 27 heavy (non-hydrogen) atoms. The van der Waals surface area contributed by atoms with Crippen molar-refractivity contribution in [2.75, 3.05) is 25.0 Å².